The average Bonchev–Trinajstić information content (AvgIpc) is 3.40. The summed E-state index contributed by atoms with van der Waals surface area (Å²) < 4.78 is 18.6. The molecule has 0 aromatic carbocycles. The van der Waals surface area contributed by atoms with Gasteiger partial charge >= 0.3 is 23.9 Å². The van der Waals surface area contributed by atoms with E-state index in [-0.39, 0.29) is 45.6 Å². The van der Waals surface area contributed by atoms with Crippen LogP contribution in [0.1, 0.15) is 340 Å². The van der Waals surface area contributed by atoms with E-state index in [9.17, 15) is 39.6 Å². The van der Waals surface area contributed by atoms with Gasteiger partial charge in [0, 0.05) is 26.4 Å². The van der Waals surface area contributed by atoms with Crippen LogP contribution in [0.2, 0.25) is 0 Å². The van der Waals surface area contributed by atoms with Crippen molar-refractivity contribution in [3.05, 3.63) is 0 Å². The quantitative estimate of drug-likeness (QED) is 0.0318. The van der Waals surface area contributed by atoms with Gasteiger partial charge in [0.2, 0.25) is 0 Å². The summed E-state index contributed by atoms with van der Waals surface area (Å²) in [5.74, 6) is 0. The summed E-state index contributed by atoms with van der Waals surface area (Å²) in [5, 5.41) is 41.6. The third kappa shape index (κ3) is 51.8. The molecule has 0 unspecified atom stereocenters. The molecule has 0 amide bonds. The summed E-state index contributed by atoms with van der Waals surface area (Å²) in [7, 11) is 0. The monoisotopic (exact) mass is 1200 g/mol. The second-order valence-corrected chi connectivity index (χ2v) is 22.6. The Labute approximate surface area is 492 Å². The number of unbranched alkanes of at least 4 members (excludes halogenated alkanes) is 12. The van der Waals surface area contributed by atoms with Gasteiger partial charge in [0.25, 0.3) is 24.6 Å². The van der Waals surface area contributed by atoms with Crippen LogP contribution >= 0.6 is 0 Å². The van der Waals surface area contributed by atoms with Crippen molar-refractivity contribution >= 4 is 48.5 Å². The second kappa shape index (κ2) is 58.5. The summed E-state index contributed by atoms with van der Waals surface area (Å²) in [6.07, 6.45) is 41.2. The van der Waals surface area contributed by atoms with Gasteiger partial charge < -0.3 is 58.6 Å². The fourth-order valence-corrected chi connectivity index (χ4v) is 11.0. The van der Waals surface area contributed by atoms with Crippen LogP contribution in [0.15, 0.2) is 0 Å². The molecule has 0 aliphatic heterocycles. The maximum atomic E-state index is 10.4. The van der Waals surface area contributed by atoms with Crippen LogP contribution in [-0.2, 0) is 18.9 Å². The first-order valence-corrected chi connectivity index (χ1v) is 31.7. The van der Waals surface area contributed by atoms with Crippen molar-refractivity contribution < 1.29 is 58.6 Å². The molecule has 456 valence electrons. The molecule has 0 rings (SSSR count). The van der Waals surface area contributed by atoms with E-state index in [0.29, 0.717) is 26.4 Å². The average molecular weight is 1200 g/mol. The van der Waals surface area contributed by atoms with E-state index in [2.05, 4.69) is 102 Å². The van der Waals surface area contributed by atoms with Gasteiger partial charge in [0.05, 0.1) is 0 Å². The Morgan fingerprint density at radius 3 is 0.416 bits per heavy atom. The Hall–Kier alpha value is -2.12. The number of carboxylic acid groups (broad SMARTS) is 4. The molecule has 0 spiro atoms. The number of hydrogen-bond acceptors (Lipinski definition) is 12. The fourth-order valence-electron chi connectivity index (χ4n) is 11.0. The Kier molecular flexibility index (Phi) is 63.6. The molecular formula is C64H124O12Sn. The Balaban J connectivity index is -0.000000298. The zero-order chi connectivity index (χ0) is 58.3. The third-order valence-corrected chi connectivity index (χ3v) is 16.1. The largest absolute Gasteiger partial charge is 4.00 e. The maximum absolute atomic E-state index is 10.4. The summed E-state index contributed by atoms with van der Waals surface area (Å²) in [4.78, 5) is 41.6. The van der Waals surface area contributed by atoms with Crippen LogP contribution < -0.4 is 20.4 Å². The fraction of sp³-hybridized carbons (Fsp3) is 0.938. The standard InChI is InChI=1S/4C16H32O3.Sn/c4*1-4-7-10-16(11-8-5-2,12-9-6-3)13-14-19-15(17)18;/h4*4-14H2,1-3H3,(H,17,18);/q;;;;+4/p-4. The first kappa shape index (κ1) is 83.7. The van der Waals surface area contributed by atoms with E-state index >= 15 is 0 Å². The van der Waals surface area contributed by atoms with Gasteiger partial charge in [-0.3, -0.25) is 0 Å². The molecule has 0 N–H and O–H groups in total. The molecule has 0 bridgehead atoms. The van der Waals surface area contributed by atoms with Crippen LogP contribution in [0.4, 0.5) is 19.2 Å². The molecule has 0 fully saturated rings. The Bertz CT molecular complexity index is 1020. The third-order valence-electron chi connectivity index (χ3n) is 16.1. The summed E-state index contributed by atoms with van der Waals surface area (Å²) in [6, 6.07) is 0. The van der Waals surface area contributed by atoms with Gasteiger partial charge in [0.15, 0.2) is 0 Å². The maximum Gasteiger partial charge on any atom is 4.00 e. The number of carbonyl (C=O) groups excluding carboxylic acids is 4. The van der Waals surface area contributed by atoms with Crippen molar-refractivity contribution in [2.75, 3.05) is 26.4 Å². The molecule has 0 atom stereocenters. The molecule has 12 nitrogen and oxygen atoms in total. The van der Waals surface area contributed by atoms with E-state index in [0.717, 1.165) is 25.7 Å². The summed E-state index contributed by atoms with van der Waals surface area (Å²) in [5.41, 5.74) is 1.10. The molecule has 0 aliphatic carbocycles. The van der Waals surface area contributed by atoms with E-state index < -0.39 is 24.6 Å². The van der Waals surface area contributed by atoms with Crippen LogP contribution in [0.5, 0.6) is 0 Å². The van der Waals surface area contributed by atoms with Crippen LogP contribution in [-0.4, -0.2) is 75.0 Å². The predicted octanol–water partition coefficient (Wildman–Crippen LogP) is 16.8. The summed E-state index contributed by atoms with van der Waals surface area (Å²) >= 11 is 0. The number of hydrogen-bond donors (Lipinski definition) is 0. The first-order valence-electron chi connectivity index (χ1n) is 31.7. The minimum Gasteiger partial charge on any atom is -0.550 e. The minimum absolute atomic E-state index is 0. The van der Waals surface area contributed by atoms with Crippen molar-refractivity contribution in [2.24, 2.45) is 21.7 Å². The van der Waals surface area contributed by atoms with Crippen LogP contribution in [0.25, 0.3) is 0 Å². The van der Waals surface area contributed by atoms with Crippen LogP contribution in [0.3, 0.4) is 0 Å². The molecule has 0 aromatic heterocycles. The Morgan fingerprint density at radius 2 is 0.338 bits per heavy atom. The molecule has 13 heteroatoms. The van der Waals surface area contributed by atoms with E-state index in [1.54, 1.807) is 0 Å². The second-order valence-electron chi connectivity index (χ2n) is 22.6. The molecule has 0 aliphatic rings. The minimum atomic E-state index is -1.39. The number of rotatable bonds is 48. The van der Waals surface area contributed by atoms with Gasteiger partial charge in [-0.25, -0.2) is 0 Å². The SMILES string of the molecule is CCCCC(CCCC)(CCCC)CCOC(=O)[O-].CCCCC(CCCC)(CCCC)CCOC(=O)[O-].CCCCC(CCCC)(CCCC)CCOC(=O)[O-].CCCCC(CCCC)(CCCC)CCOC(=O)[O-].[Sn+4]. The van der Waals surface area contributed by atoms with Gasteiger partial charge in [-0.1, -0.05) is 237 Å². The number of ether oxygens (including phenoxy) is 4. The van der Waals surface area contributed by atoms with Crippen molar-refractivity contribution in [2.45, 2.75) is 340 Å². The predicted molar refractivity (Wildman–Crippen MR) is 314 cm³/mol. The zero-order valence-corrected chi connectivity index (χ0v) is 55.4. The van der Waals surface area contributed by atoms with Crippen molar-refractivity contribution in [1.29, 1.82) is 0 Å². The molecule has 0 radical (unpaired) electrons. The molecule has 77 heavy (non-hydrogen) atoms. The topological polar surface area (TPSA) is 197 Å². The Morgan fingerprint density at radius 1 is 0.234 bits per heavy atom. The van der Waals surface area contributed by atoms with Gasteiger partial charge in [0.1, 0.15) is 0 Å². The molecule has 0 saturated carbocycles. The zero-order valence-electron chi connectivity index (χ0n) is 52.5. The van der Waals surface area contributed by atoms with Crippen molar-refractivity contribution in [3.8, 4) is 0 Å². The molecular weight excluding hydrogens is 1080 g/mol. The normalized spacial score (nSPS) is 11.4. The molecule has 0 saturated heterocycles. The molecule has 0 aromatic rings. The van der Waals surface area contributed by atoms with Gasteiger partial charge in [-0.2, -0.15) is 0 Å². The summed E-state index contributed by atoms with van der Waals surface area (Å²) in [6.45, 7) is 27.7. The van der Waals surface area contributed by atoms with E-state index in [1.807, 2.05) is 0 Å². The van der Waals surface area contributed by atoms with Crippen molar-refractivity contribution in [1.82, 2.24) is 0 Å². The van der Waals surface area contributed by atoms with E-state index in [1.165, 1.54) is 231 Å². The van der Waals surface area contributed by atoms with Gasteiger partial charge in [-0.05, 0) is 124 Å². The number of carbonyl (C=O) groups is 4. The smallest absolute Gasteiger partial charge is 0.550 e. The van der Waals surface area contributed by atoms with Gasteiger partial charge in [-0.15, -0.1) is 0 Å². The van der Waals surface area contributed by atoms with E-state index in [4.69, 9.17) is 0 Å². The van der Waals surface area contributed by atoms with Crippen molar-refractivity contribution in [3.63, 3.8) is 0 Å². The van der Waals surface area contributed by atoms with Crippen LogP contribution in [0, 0.1) is 21.7 Å². The first-order chi connectivity index (χ1) is 36.4. The molecule has 0 heterocycles.